The average Bonchev–Trinajstić information content (AvgIpc) is 1.68. The molecule has 0 bridgehead atoms. The molecular formula is C70H103N23O20S4. The molecule has 28 N–H and O–H groups in total. The highest BCUT2D eigenvalue weighted by atomic mass is 33.1. The SMILES string of the molecule is CC(=O)NCSC[C@@H]1NC(=O)[C@H](C)NC(=O)[C@H](C(C)C)NC(=O)[C@@H]2CCCN2C(=O)[C@H](CC(N)=O)NC(=O)[C@@H](NC(=O)[C@H](CSCNC(C)=O)NC(=O)[C@@H](N)Cc2ccc(O)cc2)CSSC[C@@H](C(N)=O)NC(=O)[C@H](CO)NC(=O)[C@H](Cc2ccc(O)cc2)NC(=O)[C@H](Cc2c[nH]cn2)NC(=O)[C@H](CCCNC(=N)N)NC(=O)CNC1=O. The molecule has 0 saturated carbocycles. The predicted octanol–water partition coefficient (Wildman–Crippen LogP) is -8.04. The fourth-order valence-electron chi connectivity index (χ4n) is 11.3. The number of aliphatic hydroxyl groups excluding tert-OH is 1. The van der Waals surface area contributed by atoms with Crippen LogP contribution in [0.3, 0.4) is 0 Å². The van der Waals surface area contributed by atoms with Crippen molar-refractivity contribution in [3.8, 4) is 11.5 Å². The van der Waals surface area contributed by atoms with E-state index in [9.17, 15) is 96.8 Å². The Hall–Kier alpha value is -11.2. The number of imidazole rings is 1. The van der Waals surface area contributed by atoms with Gasteiger partial charge < -0.3 is 128 Å². The summed E-state index contributed by atoms with van der Waals surface area (Å²) in [6, 6.07) is -9.76. The van der Waals surface area contributed by atoms with Crippen molar-refractivity contribution >= 4 is 151 Å². The van der Waals surface area contributed by atoms with Crippen molar-refractivity contribution in [2.24, 2.45) is 28.9 Å². The number of carbonyl (C=O) groups is 17. The van der Waals surface area contributed by atoms with Gasteiger partial charge in [0, 0.05) is 69.0 Å². The predicted molar refractivity (Wildman–Crippen MR) is 430 cm³/mol. The Labute approximate surface area is 688 Å². The maximum Gasteiger partial charge on any atom is 0.246 e. The van der Waals surface area contributed by atoms with Crippen molar-refractivity contribution in [2.45, 2.75) is 165 Å². The van der Waals surface area contributed by atoms with Gasteiger partial charge >= 0.3 is 0 Å². The summed E-state index contributed by atoms with van der Waals surface area (Å²) in [5.41, 5.74) is 24.3. The zero-order valence-electron chi connectivity index (χ0n) is 64.7. The van der Waals surface area contributed by atoms with Crippen LogP contribution in [-0.2, 0) is 101 Å². The van der Waals surface area contributed by atoms with Crippen LogP contribution in [-0.4, -0.2) is 276 Å². The van der Waals surface area contributed by atoms with Gasteiger partial charge in [-0.2, -0.15) is 0 Å². The van der Waals surface area contributed by atoms with Crippen molar-refractivity contribution in [3.05, 3.63) is 77.9 Å². The second-order valence-corrected chi connectivity index (χ2v) is 32.0. The molecule has 117 heavy (non-hydrogen) atoms. The maximum atomic E-state index is 14.9. The van der Waals surface area contributed by atoms with E-state index >= 15 is 0 Å². The van der Waals surface area contributed by atoms with E-state index in [-0.39, 0.29) is 85.6 Å². The Balaban J connectivity index is 1.58. The number of nitrogens with zero attached hydrogens (tertiary/aromatic N) is 2. The van der Waals surface area contributed by atoms with Gasteiger partial charge in [0.2, 0.25) is 100 Å². The van der Waals surface area contributed by atoms with Gasteiger partial charge in [0.1, 0.15) is 84.0 Å². The number of aromatic amines is 1. The number of benzene rings is 2. The molecule has 2 aliphatic heterocycles. The number of carbonyl (C=O) groups excluding carboxylic acids is 17. The number of aromatic nitrogens is 2. The van der Waals surface area contributed by atoms with Gasteiger partial charge in [-0.25, -0.2) is 4.98 Å². The minimum absolute atomic E-state index is 0.0131. The number of aliphatic hydroxyl groups is 1. The fraction of sp³-hybridized carbons (Fsp3) is 0.529. The number of amides is 17. The molecule has 13 atom stereocenters. The van der Waals surface area contributed by atoms with E-state index in [1.165, 1.54) is 81.8 Å². The maximum absolute atomic E-state index is 14.9. The number of hydrogen-bond acceptors (Lipinski definition) is 27. The molecule has 3 heterocycles. The summed E-state index contributed by atoms with van der Waals surface area (Å²) in [6.07, 6.45) is 0.801. The number of aromatic hydroxyl groups is 2. The van der Waals surface area contributed by atoms with Crippen LogP contribution in [0.5, 0.6) is 11.5 Å². The van der Waals surface area contributed by atoms with Crippen LogP contribution in [0.1, 0.15) is 83.5 Å². The number of rotatable bonds is 27. The number of thioether (sulfide) groups is 2. The number of guanidine groups is 1. The van der Waals surface area contributed by atoms with Gasteiger partial charge in [0.25, 0.3) is 0 Å². The number of phenols is 2. The van der Waals surface area contributed by atoms with Crippen LogP contribution in [0.2, 0.25) is 0 Å². The number of nitrogens with one attached hydrogen (secondary N) is 17. The third-order valence-electron chi connectivity index (χ3n) is 17.6. The first kappa shape index (κ1) is 96.4. The zero-order valence-corrected chi connectivity index (χ0v) is 68.0. The topological polar surface area (TPSA) is 691 Å². The molecule has 17 amide bonds. The monoisotopic (exact) mass is 1710 g/mol. The molecule has 3 aromatic rings. The van der Waals surface area contributed by atoms with E-state index in [2.05, 4.69) is 89.7 Å². The quantitative estimate of drug-likeness (QED) is 0.0111. The van der Waals surface area contributed by atoms with E-state index in [1.54, 1.807) is 13.8 Å². The van der Waals surface area contributed by atoms with Gasteiger partial charge in [-0.3, -0.25) is 86.9 Å². The Morgan fingerprint density at radius 1 is 0.650 bits per heavy atom. The summed E-state index contributed by atoms with van der Waals surface area (Å²) in [7, 11) is 1.52. The van der Waals surface area contributed by atoms with E-state index in [4.69, 9.17) is 28.3 Å². The number of H-pyrrole nitrogens is 1. The van der Waals surface area contributed by atoms with Crippen molar-refractivity contribution in [1.29, 1.82) is 5.41 Å². The van der Waals surface area contributed by atoms with Crippen LogP contribution in [0.4, 0.5) is 0 Å². The lowest BCUT2D eigenvalue weighted by atomic mass is 10.0. The highest BCUT2D eigenvalue weighted by molar-refractivity contribution is 8.76. The highest BCUT2D eigenvalue weighted by Gasteiger charge is 2.42. The summed E-state index contributed by atoms with van der Waals surface area (Å²) in [4.78, 5) is 245. The lowest BCUT2D eigenvalue weighted by Gasteiger charge is -2.31. The number of nitrogens with two attached hydrogens (primary N) is 4. The van der Waals surface area contributed by atoms with Crippen LogP contribution in [0, 0.1) is 11.3 Å². The molecule has 0 unspecified atom stereocenters. The fourth-order valence-corrected chi connectivity index (χ4v) is 15.4. The van der Waals surface area contributed by atoms with E-state index in [1.807, 2.05) is 0 Å². The molecule has 0 radical (unpaired) electrons. The molecule has 43 nitrogen and oxygen atoms in total. The minimum atomic E-state index is -1.93. The Morgan fingerprint density at radius 3 is 1.82 bits per heavy atom. The van der Waals surface area contributed by atoms with Crippen LogP contribution in [0.25, 0.3) is 0 Å². The number of primary amides is 2. The van der Waals surface area contributed by atoms with Crippen molar-refractivity contribution < 1.29 is 96.8 Å². The molecule has 2 fully saturated rings. The van der Waals surface area contributed by atoms with Crippen molar-refractivity contribution in [2.75, 3.05) is 61.0 Å². The van der Waals surface area contributed by atoms with Gasteiger partial charge in [0.05, 0.1) is 49.4 Å². The molecule has 1 aromatic heterocycles. The van der Waals surface area contributed by atoms with Crippen LogP contribution < -0.4 is 103 Å². The lowest BCUT2D eigenvalue weighted by Crippen LogP contribution is -2.61. The molecule has 2 aromatic carbocycles. The Bertz CT molecular complexity index is 3990. The minimum Gasteiger partial charge on any atom is -0.508 e. The summed E-state index contributed by atoms with van der Waals surface area (Å²) < 4.78 is 0. The summed E-state index contributed by atoms with van der Waals surface area (Å²) in [5.74, 6) is -19.6. The van der Waals surface area contributed by atoms with E-state index in [0.29, 0.717) is 11.1 Å². The van der Waals surface area contributed by atoms with Gasteiger partial charge in [0.15, 0.2) is 5.96 Å². The lowest BCUT2D eigenvalue weighted by molar-refractivity contribution is -0.143. The number of hydrogen-bond donors (Lipinski definition) is 24. The van der Waals surface area contributed by atoms with Gasteiger partial charge in [-0.1, -0.05) is 59.7 Å². The molecule has 0 spiro atoms. The molecule has 5 rings (SSSR count). The van der Waals surface area contributed by atoms with Crippen molar-refractivity contribution in [1.82, 2.24) is 94.6 Å². The second-order valence-electron chi connectivity index (χ2n) is 27.4. The van der Waals surface area contributed by atoms with Crippen LogP contribution in [0.15, 0.2) is 61.1 Å². The largest absolute Gasteiger partial charge is 0.508 e. The van der Waals surface area contributed by atoms with Crippen molar-refractivity contribution in [3.63, 3.8) is 0 Å². The van der Waals surface area contributed by atoms with E-state index in [0.717, 1.165) is 50.0 Å². The molecule has 2 aliphatic rings. The first-order chi connectivity index (χ1) is 55.4. The molecular weight excluding hydrogens is 1610 g/mol. The highest BCUT2D eigenvalue weighted by Crippen LogP contribution is 2.25. The van der Waals surface area contributed by atoms with E-state index < -0.39 is 235 Å². The molecule has 0 aliphatic carbocycles. The third kappa shape index (κ3) is 33.9. The standard InChI is InChI=1S/C70H103N23O20S4/c1-34(2)56-68(112)82-35(3)58(102)89-50(27-114-32-80-36(4)95)60(104)78-25-55(100)83-44(8-6-18-77-70(74)75)61(105)85-46(22-40-24-76-31-79-40)63(107)84-45(21-39-12-16-42(98)17-13-39)62(106)87-48(26-94)64(108)88-49(57(73)101)29-116-117-30-52(66(110)86-47(23-54(72)99)69(113)93-19-7-9-53(93)67(111)92-56)91-65(109)51(28-115-33-81-37(5)96)90-59(103)43(71)20-38-10-14-41(97)15-11-38/h10-17,24,31,34-35,43-53,56,94,97-98H,6-9,18-23,25-30,32-33,71H2,1-5H3,(H2,72,99)(H2,73,101)(H,76,79)(H,78,104)(H,80,95)(H,81,96)(H,82,112)(H,83,100)(H,84,107)(H,85,105)(H,86,110)(H,87,106)(H,88,108)(H,89,102)(H,90,103)(H,91,109)(H,92,111)(H4,74,75,77)/t35-,43-,44-,45-,46-,47-,48-,49-,50-,51-,52-,53-,56-/m0/s1. The number of fused-ring (bicyclic) bond motifs is 1. The first-order valence-corrected chi connectivity index (χ1v) is 41.6. The summed E-state index contributed by atoms with van der Waals surface area (Å²) in [5, 5.41) is 75.9. The number of phenolic OH excluding ortho intramolecular Hbond substituents is 2. The normalized spacial score (nSPS) is 23.0. The summed E-state index contributed by atoms with van der Waals surface area (Å²) in [6.45, 7) is 4.63. The average molecular weight is 1720 g/mol. The summed E-state index contributed by atoms with van der Waals surface area (Å²) >= 11 is 1.93. The van der Waals surface area contributed by atoms with Gasteiger partial charge in [-0.15, -0.1) is 23.5 Å². The zero-order chi connectivity index (χ0) is 86.6. The third-order valence-corrected chi connectivity index (χ3v) is 21.9. The Kier molecular flexibility index (Phi) is 40.4. The molecule has 47 heteroatoms. The molecule has 642 valence electrons. The van der Waals surface area contributed by atoms with Crippen LogP contribution >= 0.6 is 45.1 Å². The Morgan fingerprint density at radius 2 is 1.23 bits per heavy atom. The second kappa shape index (κ2) is 49.0. The smallest absolute Gasteiger partial charge is 0.246 e. The first-order valence-electron chi connectivity index (χ1n) is 36.8. The molecule has 2 saturated heterocycles. The van der Waals surface area contributed by atoms with Gasteiger partial charge in [-0.05, 0) is 80.3 Å².